The molecule has 1 aromatic rings. The van der Waals surface area contributed by atoms with Gasteiger partial charge in [0.05, 0.1) is 18.3 Å². The van der Waals surface area contributed by atoms with E-state index < -0.39 is 11.5 Å². The lowest BCUT2D eigenvalue weighted by molar-refractivity contribution is 0.0690. The molecule has 4 N–H and O–H groups in total. The van der Waals surface area contributed by atoms with E-state index in [4.69, 9.17) is 5.11 Å². The number of imidazole rings is 1. The Balaban J connectivity index is 2.06. The van der Waals surface area contributed by atoms with Crippen LogP contribution in [0.2, 0.25) is 0 Å². The second-order valence-electron chi connectivity index (χ2n) is 4.62. The summed E-state index contributed by atoms with van der Waals surface area (Å²) < 4.78 is 0. The molecule has 1 aromatic heterocycles. The minimum absolute atomic E-state index is 0.0188. The van der Waals surface area contributed by atoms with Gasteiger partial charge in [-0.15, -0.1) is 5.92 Å². The highest BCUT2D eigenvalue weighted by atomic mass is 16.4. The third kappa shape index (κ3) is 2.74. The van der Waals surface area contributed by atoms with Gasteiger partial charge >= 0.3 is 12.0 Å². The van der Waals surface area contributed by atoms with Crippen LogP contribution < -0.4 is 10.6 Å². The zero-order chi connectivity index (χ0) is 14.6. The van der Waals surface area contributed by atoms with E-state index in [9.17, 15) is 9.59 Å². The summed E-state index contributed by atoms with van der Waals surface area (Å²) in [6.07, 6.45) is 3.68. The molecule has 7 nitrogen and oxygen atoms in total. The molecule has 0 aliphatic heterocycles. The molecular formula is C13H16N4O3. The molecule has 0 spiro atoms. The molecule has 2 rings (SSSR count). The first-order chi connectivity index (χ1) is 9.57. The van der Waals surface area contributed by atoms with E-state index in [2.05, 4.69) is 32.4 Å². The molecule has 0 aromatic carbocycles. The number of nitrogens with one attached hydrogen (secondary N) is 3. The molecule has 1 saturated carbocycles. The Kier molecular flexibility index (Phi) is 3.94. The summed E-state index contributed by atoms with van der Waals surface area (Å²) in [6, 6.07) is -0.333. The number of rotatable bonds is 4. The maximum absolute atomic E-state index is 11.8. The predicted molar refractivity (Wildman–Crippen MR) is 71.1 cm³/mol. The molecule has 0 unspecified atom stereocenters. The fourth-order valence-corrected chi connectivity index (χ4v) is 2.10. The first kappa shape index (κ1) is 13.9. The molecule has 1 aliphatic carbocycles. The summed E-state index contributed by atoms with van der Waals surface area (Å²) in [7, 11) is 0. The Morgan fingerprint density at radius 2 is 2.30 bits per heavy atom. The van der Waals surface area contributed by atoms with E-state index in [0.29, 0.717) is 5.82 Å². The van der Waals surface area contributed by atoms with Crippen molar-refractivity contribution < 1.29 is 14.7 Å². The summed E-state index contributed by atoms with van der Waals surface area (Å²) in [4.78, 5) is 29.5. The van der Waals surface area contributed by atoms with Crippen LogP contribution in [0.5, 0.6) is 0 Å². The Morgan fingerprint density at radius 3 is 2.80 bits per heavy atom. The van der Waals surface area contributed by atoms with E-state index in [1.807, 2.05) is 0 Å². The highest BCUT2D eigenvalue weighted by Crippen LogP contribution is 2.39. The third-order valence-electron chi connectivity index (χ3n) is 3.33. The van der Waals surface area contributed by atoms with Gasteiger partial charge in [-0.2, -0.15) is 0 Å². The van der Waals surface area contributed by atoms with Gasteiger partial charge in [0.1, 0.15) is 11.5 Å². The van der Waals surface area contributed by atoms with Crippen molar-refractivity contribution in [3.8, 4) is 11.8 Å². The highest BCUT2D eigenvalue weighted by molar-refractivity contribution is 5.85. The Bertz CT molecular complexity index is 578. The summed E-state index contributed by atoms with van der Waals surface area (Å²) >= 11 is 0. The minimum Gasteiger partial charge on any atom is -0.477 e. The van der Waals surface area contributed by atoms with Crippen LogP contribution in [0.25, 0.3) is 0 Å². The van der Waals surface area contributed by atoms with Gasteiger partial charge in [0.15, 0.2) is 0 Å². The summed E-state index contributed by atoms with van der Waals surface area (Å²) in [5, 5.41) is 14.4. The van der Waals surface area contributed by atoms with Crippen molar-refractivity contribution >= 4 is 12.0 Å². The van der Waals surface area contributed by atoms with Gasteiger partial charge in [-0.05, 0) is 26.2 Å². The maximum atomic E-state index is 11.8. The van der Waals surface area contributed by atoms with Crippen LogP contribution in [-0.4, -0.2) is 33.6 Å². The monoisotopic (exact) mass is 276 g/mol. The quantitative estimate of drug-likeness (QED) is 0.610. The SMILES string of the molecule is CC#CCNC(=O)NC1(c2ncc(C(=O)O)[nH]2)CCC1. The van der Waals surface area contributed by atoms with Crippen molar-refractivity contribution in [2.45, 2.75) is 31.7 Å². The Labute approximate surface area is 116 Å². The van der Waals surface area contributed by atoms with Gasteiger partial charge in [-0.1, -0.05) is 5.92 Å². The molecule has 7 heteroatoms. The van der Waals surface area contributed by atoms with Crippen LogP contribution in [0.15, 0.2) is 6.20 Å². The van der Waals surface area contributed by atoms with E-state index in [-0.39, 0.29) is 18.3 Å². The summed E-state index contributed by atoms with van der Waals surface area (Å²) in [5.74, 6) is 4.84. The number of H-pyrrole nitrogens is 1. The molecule has 1 heterocycles. The average molecular weight is 276 g/mol. The second-order valence-corrected chi connectivity index (χ2v) is 4.62. The fourth-order valence-electron chi connectivity index (χ4n) is 2.10. The molecule has 106 valence electrons. The number of urea groups is 1. The summed E-state index contributed by atoms with van der Waals surface area (Å²) in [5.41, 5.74) is -0.581. The van der Waals surface area contributed by atoms with Gasteiger partial charge in [-0.25, -0.2) is 14.6 Å². The first-order valence-electron chi connectivity index (χ1n) is 6.32. The van der Waals surface area contributed by atoms with Crippen LogP contribution >= 0.6 is 0 Å². The predicted octanol–water partition coefficient (Wildman–Crippen LogP) is 0.810. The third-order valence-corrected chi connectivity index (χ3v) is 3.33. The molecule has 1 fully saturated rings. The number of carbonyl (C=O) groups excluding carboxylic acids is 1. The molecule has 0 radical (unpaired) electrons. The van der Waals surface area contributed by atoms with Gasteiger partial charge in [0, 0.05) is 0 Å². The number of carbonyl (C=O) groups is 2. The molecule has 0 bridgehead atoms. The zero-order valence-corrected chi connectivity index (χ0v) is 11.1. The van der Waals surface area contributed by atoms with Gasteiger partial charge in [-0.3, -0.25) is 0 Å². The van der Waals surface area contributed by atoms with E-state index in [1.54, 1.807) is 6.92 Å². The first-order valence-corrected chi connectivity index (χ1v) is 6.32. The number of aromatic carboxylic acids is 1. The van der Waals surface area contributed by atoms with Crippen LogP contribution in [-0.2, 0) is 5.54 Å². The van der Waals surface area contributed by atoms with Crippen LogP contribution in [0.3, 0.4) is 0 Å². The van der Waals surface area contributed by atoms with Crippen molar-refractivity contribution in [3.63, 3.8) is 0 Å². The second kappa shape index (κ2) is 5.65. The number of amides is 2. The number of aromatic nitrogens is 2. The lowest BCUT2D eigenvalue weighted by atomic mass is 9.76. The zero-order valence-electron chi connectivity index (χ0n) is 11.1. The fraction of sp³-hybridized carbons (Fsp3) is 0.462. The molecule has 2 amide bonds. The van der Waals surface area contributed by atoms with Crippen molar-refractivity contribution in [1.82, 2.24) is 20.6 Å². The van der Waals surface area contributed by atoms with Crippen LogP contribution in [0.1, 0.15) is 42.5 Å². The number of carboxylic acids is 1. The number of hydrogen-bond donors (Lipinski definition) is 4. The summed E-state index contributed by atoms with van der Waals surface area (Å²) in [6.45, 7) is 1.97. The molecule has 0 atom stereocenters. The van der Waals surface area contributed by atoms with Crippen molar-refractivity contribution in [3.05, 3.63) is 17.7 Å². The topological polar surface area (TPSA) is 107 Å². The highest BCUT2D eigenvalue weighted by Gasteiger charge is 2.42. The number of aromatic amines is 1. The van der Waals surface area contributed by atoms with E-state index in [0.717, 1.165) is 19.3 Å². The maximum Gasteiger partial charge on any atom is 0.353 e. The normalized spacial score (nSPS) is 15.4. The lowest BCUT2D eigenvalue weighted by Gasteiger charge is -2.40. The molecule has 20 heavy (non-hydrogen) atoms. The van der Waals surface area contributed by atoms with Crippen molar-refractivity contribution in [1.29, 1.82) is 0 Å². The Hall–Kier alpha value is -2.49. The molecular weight excluding hydrogens is 260 g/mol. The lowest BCUT2D eigenvalue weighted by Crippen LogP contribution is -2.54. The average Bonchev–Trinajstić information content (AvgIpc) is 2.84. The van der Waals surface area contributed by atoms with E-state index in [1.165, 1.54) is 6.20 Å². The Morgan fingerprint density at radius 1 is 1.55 bits per heavy atom. The van der Waals surface area contributed by atoms with Gasteiger partial charge < -0.3 is 20.7 Å². The van der Waals surface area contributed by atoms with Crippen molar-refractivity contribution in [2.75, 3.05) is 6.54 Å². The van der Waals surface area contributed by atoms with Gasteiger partial charge in [0.2, 0.25) is 0 Å². The van der Waals surface area contributed by atoms with E-state index >= 15 is 0 Å². The number of nitrogens with zero attached hydrogens (tertiary/aromatic N) is 1. The molecule has 1 aliphatic rings. The largest absolute Gasteiger partial charge is 0.477 e. The number of hydrogen-bond acceptors (Lipinski definition) is 3. The smallest absolute Gasteiger partial charge is 0.353 e. The standard InChI is InChI=1S/C13H16N4O3/c1-2-3-7-14-12(20)17-13(5-4-6-13)11-15-8-9(16-11)10(18)19/h8H,4-7H2,1H3,(H,15,16)(H,18,19)(H2,14,17,20). The molecule has 0 saturated heterocycles. The minimum atomic E-state index is -1.07. The van der Waals surface area contributed by atoms with Crippen LogP contribution in [0.4, 0.5) is 4.79 Å². The number of carboxylic acid groups (broad SMARTS) is 1. The van der Waals surface area contributed by atoms with Crippen LogP contribution in [0, 0.1) is 11.8 Å². The van der Waals surface area contributed by atoms with Gasteiger partial charge in [0.25, 0.3) is 0 Å². The van der Waals surface area contributed by atoms with Crippen molar-refractivity contribution in [2.24, 2.45) is 0 Å².